The summed E-state index contributed by atoms with van der Waals surface area (Å²) < 4.78 is 14.5. The summed E-state index contributed by atoms with van der Waals surface area (Å²) in [4.78, 5) is 33.2. The number of nitrogens with one attached hydrogen (secondary N) is 3. The molecule has 9 nitrogen and oxygen atoms in total. The average molecular weight is 478 g/mol. The van der Waals surface area contributed by atoms with Crippen LogP contribution in [0.25, 0.3) is 56.1 Å². The third kappa shape index (κ3) is 3.74. The van der Waals surface area contributed by atoms with E-state index in [4.69, 9.17) is 9.97 Å². The molecule has 176 valence electrons. The normalized spacial score (nSPS) is 11.3. The van der Waals surface area contributed by atoms with Crippen LogP contribution in [-0.4, -0.2) is 41.0 Å². The van der Waals surface area contributed by atoms with Crippen molar-refractivity contribution in [3.63, 3.8) is 0 Å². The molecule has 0 bridgehead atoms. The highest BCUT2D eigenvalue weighted by Gasteiger charge is 2.18. The Morgan fingerprint density at radius 3 is 2.72 bits per heavy atom. The van der Waals surface area contributed by atoms with Crippen LogP contribution in [0.5, 0.6) is 0 Å². The van der Waals surface area contributed by atoms with Gasteiger partial charge in [0.15, 0.2) is 11.5 Å². The molecule has 0 aliphatic rings. The first-order valence-electron chi connectivity index (χ1n) is 11.3. The summed E-state index contributed by atoms with van der Waals surface area (Å²) in [7, 11) is 0. The Balaban J connectivity index is 1.44. The second kappa shape index (κ2) is 8.66. The molecule has 0 spiro atoms. The van der Waals surface area contributed by atoms with Crippen molar-refractivity contribution in [1.29, 1.82) is 0 Å². The minimum absolute atomic E-state index is 0.0939. The molecule has 5 heterocycles. The number of benzene rings is 1. The van der Waals surface area contributed by atoms with Crippen LogP contribution in [0.3, 0.4) is 0 Å². The molecule has 3 N–H and O–H groups in total. The van der Waals surface area contributed by atoms with E-state index in [1.54, 1.807) is 49.8 Å². The molecule has 6 aromatic rings. The maximum Gasteiger partial charge on any atom is 0.224 e. The molecule has 0 radical (unpaired) electrons. The van der Waals surface area contributed by atoms with Crippen molar-refractivity contribution in [3.8, 4) is 34.0 Å². The van der Waals surface area contributed by atoms with Gasteiger partial charge in [0.05, 0.1) is 28.6 Å². The third-order valence-corrected chi connectivity index (χ3v) is 5.80. The molecule has 0 aliphatic heterocycles. The van der Waals surface area contributed by atoms with Gasteiger partial charge in [-0.2, -0.15) is 5.10 Å². The van der Waals surface area contributed by atoms with Crippen LogP contribution < -0.4 is 5.32 Å². The SMILES string of the molecule is CCC(=O)Nc1cncc(-c2ccc3[nH]nc(-c4nc5c(-c6ccccc6F)nccc5[nH]4)c3n2)c1. The van der Waals surface area contributed by atoms with Gasteiger partial charge in [-0.25, -0.2) is 14.4 Å². The van der Waals surface area contributed by atoms with Gasteiger partial charge < -0.3 is 10.3 Å². The fourth-order valence-corrected chi connectivity index (χ4v) is 4.02. The Morgan fingerprint density at radius 1 is 1.00 bits per heavy atom. The minimum Gasteiger partial charge on any atom is -0.336 e. The molecule has 0 fully saturated rings. The van der Waals surface area contributed by atoms with Crippen molar-refractivity contribution >= 4 is 33.7 Å². The highest BCUT2D eigenvalue weighted by molar-refractivity contribution is 5.95. The fraction of sp³-hybridized carbons (Fsp3) is 0.0769. The van der Waals surface area contributed by atoms with Gasteiger partial charge in [-0.15, -0.1) is 0 Å². The number of rotatable bonds is 5. The second-order valence-corrected chi connectivity index (χ2v) is 8.15. The first-order valence-corrected chi connectivity index (χ1v) is 11.3. The molecule has 36 heavy (non-hydrogen) atoms. The second-order valence-electron chi connectivity index (χ2n) is 8.15. The lowest BCUT2D eigenvalue weighted by molar-refractivity contribution is -0.115. The molecular weight excluding hydrogens is 459 g/mol. The van der Waals surface area contributed by atoms with Crippen molar-refractivity contribution in [3.05, 3.63) is 72.9 Å². The number of halogens is 1. The lowest BCUT2D eigenvalue weighted by Gasteiger charge is -2.06. The Labute approximate surface area is 203 Å². The molecular formula is C26H19FN8O. The predicted octanol–water partition coefficient (Wildman–Crippen LogP) is 5.11. The number of anilines is 1. The molecule has 1 amide bonds. The summed E-state index contributed by atoms with van der Waals surface area (Å²) in [6, 6.07) is 13.8. The van der Waals surface area contributed by atoms with Crippen LogP contribution in [0.4, 0.5) is 10.1 Å². The third-order valence-electron chi connectivity index (χ3n) is 5.80. The number of aromatic nitrogens is 7. The molecule has 6 rings (SSSR count). The number of amides is 1. The number of carbonyl (C=O) groups is 1. The summed E-state index contributed by atoms with van der Waals surface area (Å²) in [5, 5.41) is 10.2. The summed E-state index contributed by atoms with van der Waals surface area (Å²) in [6.45, 7) is 1.79. The molecule has 0 saturated heterocycles. The van der Waals surface area contributed by atoms with Gasteiger partial charge in [0.2, 0.25) is 5.91 Å². The van der Waals surface area contributed by atoms with Crippen molar-refractivity contribution in [2.45, 2.75) is 13.3 Å². The quantitative estimate of drug-likeness (QED) is 0.316. The topological polar surface area (TPSA) is 125 Å². The summed E-state index contributed by atoms with van der Waals surface area (Å²) in [5.74, 6) is 0.0155. The van der Waals surface area contributed by atoms with E-state index in [-0.39, 0.29) is 11.7 Å². The van der Waals surface area contributed by atoms with Gasteiger partial charge in [0.1, 0.15) is 22.5 Å². The van der Waals surface area contributed by atoms with E-state index in [9.17, 15) is 9.18 Å². The molecule has 0 atom stereocenters. The fourth-order valence-electron chi connectivity index (χ4n) is 4.02. The van der Waals surface area contributed by atoms with Crippen LogP contribution in [0.1, 0.15) is 13.3 Å². The zero-order valence-electron chi connectivity index (χ0n) is 19.1. The van der Waals surface area contributed by atoms with Crippen molar-refractivity contribution in [2.75, 3.05) is 5.32 Å². The number of pyridine rings is 3. The van der Waals surface area contributed by atoms with E-state index < -0.39 is 0 Å². The van der Waals surface area contributed by atoms with Gasteiger partial charge in [-0.1, -0.05) is 19.1 Å². The Bertz CT molecular complexity index is 1760. The lowest BCUT2D eigenvalue weighted by atomic mass is 10.1. The van der Waals surface area contributed by atoms with E-state index in [1.807, 2.05) is 18.2 Å². The first kappa shape index (κ1) is 21.5. The number of H-pyrrole nitrogens is 2. The Kier molecular flexibility index (Phi) is 5.18. The van der Waals surface area contributed by atoms with Gasteiger partial charge in [0.25, 0.3) is 0 Å². The number of fused-ring (bicyclic) bond motifs is 2. The van der Waals surface area contributed by atoms with Gasteiger partial charge in [0, 0.05) is 29.9 Å². The van der Waals surface area contributed by atoms with E-state index in [0.717, 1.165) is 11.1 Å². The van der Waals surface area contributed by atoms with E-state index in [2.05, 4.69) is 30.5 Å². The molecule has 10 heteroatoms. The molecule has 0 aliphatic carbocycles. The van der Waals surface area contributed by atoms with Crippen molar-refractivity contribution < 1.29 is 9.18 Å². The van der Waals surface area contributed by atoms with Crippen LogP contribution >= 0.6 is 0 Å². The monoisotopic (exact) mass is 478 g/mol. The maximum atomic E-state index is 14.5. The number of imidazole rings is 1. The summed E-state index contributed by atoms with van der Waals surface area (Å²) >= 11 is 0. The number of nitrogens with zero attached hydrogens (tertiary/aromatic N) is 5. The average Bonchev–Trinajstić information content (AvgIpc) is 3.52. The van der Waals surface area contributed by atoms with Crippen LogP contribution in [0, 0.1) is 5.82 Å². The summed E-state index contributed by atoms with van der Waals surface area (Å²) in [5.41, 5.74) is 5.91. The van der Waals surface area contributed by atoms with E-state index in [1.165, 1.54) is 6.07 Å². The van der Waals surface area contributed by atoms with E-state index in [0.29, 0.717) is 57.1 Å². The molecule has 0 saturated carbocycles. The highest BCUT2D eigenvalue weighted by Crippen LogP contribution is 2.31. The number of aromatic amines is 2. The van der Waals surface area contributed by atoms with Crippen LogP contribution in [0.15, 0.2) is 67.1 Å². The highest BCUT2D eigenvalue weighted by atomic mass is 19.1. The predicted molar refractivity (Wildman–Crippen MR) is 134 cm³/mol. The van der Waals surface area contributed by atoms with Crippen molar-refractivity contribution in [1.82, 2.24) is 35.1 Å². The summed E-state index contributed by atoms with van der Waals surface area (Å²) in [6.07, 6.45) is 5.26. The van der Waals surface area contributed by atoms with E-state index >= 15 is 0 Å². The largest absolute Gasteiger partial charge is 0.336 e. The smallest absolute Gasteiger partial charge is 0.224 e. The van der Waals surface area contributed by atoms with Crippen LogP contribution in [0.2, 0.25) is 0 Å². The Morgan fingerprint density at radius 2 is 1.86 bits per heavy atom. The molecule has 1 aromatic carbocycles. The van der Waals surface area contributed by atoms with Crippen LogP contribution in [-0.2, 0) is 4.79 Å². The lowest BCUT2D eigenvalue weighted by Crippen LogP contribution is -2.09. The zero-order chi connectivity index (χ0) is 24.6. The minimum atomic E-state index is -0.371. The molecule has 5 aromatic heterocycles. The molecule has 0 unspecified atom stereocenters. The first-order chi connectivity index (χ1) is 17.6. The standard InChI is InChI=1S/C26H19FN8O/c1-2-21(36)30-15-11-14(12-28-13-15)18-7-8-20-24(31-18)25(35-34-20)26-32-19-9-10-29-22(23(19)33-26)16-5-3-4-6-17(16)27/h3-13H,2H2,1H3,(H,30,36)(H,32,33)(H,34,35). The van der Waals surface area contributed by atoms with Gasteiger partial charge in [-0.05, 0) is 36.4 Å². The number of hydrogen-bond donors (Lipinski definition) is 3. The maximum absolute atomic E-state index is 14.5. The zero-order valence-corrected chi connectivity index (χ0v) is 19.1. The number of carbonyl (C=O) groups excluding carboxylic acids is 1. The van der Waals surface area contributed by atoms with Crippen molar-refractivity contribution in [2.24, 2.45) is 0 Å². The number of hydrogen-bond acceptors (Lipinski definition) is 6. The van der Waals surface area contributed by atoms with Gasteiger partial charge >= 0.3 is 0 Å². The van der Waals surface area contributed by atoms with Gasteiger partial charge in [-0.3, -0.25) is 19.9 Å². The Hall–Kier alpha value is -4.99.